The molecule has 1 saturated heterocycles. The van der Waals surface area contributed by atoms with Gasteiger partial charge in [0.2, 0.25) is 5.75 Å². The average molecular weight is 294 g/mol. The second-order valence-corrected chi connectivity index (χ2v) is 4.89. The van der Waals surface area contributed by atoms with Crippen molar-refractivity contribution in [2.45, 2.75) is 18.9 Å². The average Bonchev–Trinajstić information content (AvgIpc) is 3.04. The van der Waals surface area contributed by atoms with E-state index in [9.17, 15) is 4.79 Å². The number of carbonyl (C=O) groups excluding carboxylic acids is 1. The molecule has 1 amide bonds. The molecule has 1 unspecified atom stereocenters. The minimum absolute atomic E-state index is 0.179. The Balaban J connectivity index is 2.15. The van der Waals surface area contributed by atoms with Gasteiger partial charge in [-0.2, -0.15) is 0 Å². The molecule has 1 heterocycles. The minimum Gasteiger partial charge on any atom is -0.493 e. The summed E-state index contributed by atoms with van der Waals surface area (Å²) in [6.07, 6.45) is 2.24. The van der Waals surface area contributed by atoms with Crippen molar-refractivity contribution in [2.75, 3.05) is 34.4 Å². The molecule has 0 saturated carbocycles. The van der Waals surface area contributed by atoms with Crippen LogP contribution in [-0.2, 0) is 0 Å². The van der Waals surface area contributed by atoms with Crippen molar-refractivity contribution in [2.24, 2.45) is 0 Å². The van der Waals surface area contributed by atoms with Gasteiger partial charge in [0, 0.05) is 12.6 Å². The normalized spacial score (nSPS) is 17.4. The van der Waals surface area contributed by atoms with Crippen molar-refractivity contribution in [3.8, 4) is 17.2 Å². The Hall–Kier alpha value is -1.95. The predicted octanol–water partition coefficient (Wildman–Crippen LogP) is 1.19. The fraction of sp³-hybridized carbons (Fsp3) is 0.533. The quantitative estimate of drug-likeness (QED) is 0.825. The lowest BCUT2D eigenvalue weighted by Gasteiger charge is -2.16. The smallest absolute Gasteiger partial charge is 0.255 e. The van der Waals surface area contributed by atoms with Crippen LogP contribution in [0.2, 0.25) is 0 Å². The van der Waals surface area contributed by atoms with E-state index in [1.165, 1.54) is 14.2 Å². The van der Waals surface area contributed by atoms with Crippen LogP contribution in [0.4, 0.5) is 0 Å². The number of methoxy groups -OCH3 is 3. The molecule has 6 heteroatoms. The van der Waals surface area contributed by atoms with Gasteiger partial charge in [-0.15, -0.1) is 0 Å². The molecule has 1 aromatic rings. The highest BCUT2D eigenvalue weighted by Crippen LogP contribution is 2.39. The van der Waals surface area contributed by atoms with Gasteiger partial charge in [0.25, 0.3) is 5.91 Å². The summed E-state index contributed by atoms with van der Waals surface area (Å²) in [5.74, 6) is 1.16. The Bertz CT molecular complexity index is 499. The fourth-order valence-corrected chi connectivity index (χ4v) is 2.52. The molecule has 1 aromatic carbocycles. The van der Waals surface area contributed by atoms with Gasteiger partial charge in [-0.25, -0.2) is 0 Å². The zero-order chi connectivity index (χ0) is 15.2. The van der Waals surface area contributed by atoms with E-state index in [0.29, 0.717) is 35.4 Å². The van der Waals surface area contributed by atoms with E-state index < -0.39 is 0 Å². The van der Waals surface area contributed by atoms with Crippen LogP contribution in [0.5, 0.6) is 17.2 Å². The third-order valence-corrected chi connectivity index (χ3v) is 3.62. The third kappa shape index (κ3) is 3.39. The van der Waals surface area contributed by atoms with E-state index in [1.807, 2.05) is 0 Å². The number of amides is 1. The van der Waals surface area contributed by atoms with E-state index in [0.717, 1.165) is 19.4 Å². The van der Waals surface area contributed by atoms with Crippen LogP contribution >= 0.6 is 0 Å². The molecule has 1 fully saturated rings. The summed E-state index contributed by atoms with van der Waals surface area (Å²) >= 11 is 0. The number of hydrogen-bond donors (Lipinski definition) is 2. The van der Waals surface area contributed by atoms with E-state index in [-0.39, 0.29) is 5.91 Å². The Morgan fingerprint density at radius 2 is 2.00 bits per heavy atom. The summed E-state index contributed by atoms with van der Waals surface area (Å²) in [5.41, 5.74) is 0.438. The molecule has 0 aromatic heterocycles. The maximum atomic E-state index is 12.3. The lowest BCUT2D eigenvalue weighted by atomic mass is 10.1. The van der Waals surface area contributed by atoms with Gasteiger partial charge in [-0.1, -0.05) is 0 Å². The molecule has 6 nitrogen and oxygen atoms in total. The molecule has 21 heavy (non-hydrogen) atoms. The van der Waals surface area contributed by atoms with Crippen molar-refractivity contribution in [1.29, 1.82) is 0 Å². The molecule has 116 valence electrons. The highest BCUT2D eigenvalue weighted by molar-refractivity contribution is 5.98. The minimum atomic E-state index is -0.179. The summed E-state index contributed by atoms with van der Waals surface area (Å²) in [6.45, 7) is 1.62. The number of ether oxygens (including phenoxy) is 3. The van der Waals surface area contributed by atoms with Gasteiger partial charge in [0.1, 0.15) is 0 Å². The standard InChI is InChI=1S/C15H22N2O4/c1-19-12-7-6-11(13(20-2)14(12)21-3)15(18)17-9-10-5-4-8-16-10/h6-7,10,16H,4-5,8-9H2,1-3H3,(H,17,18). The summed E-state index contributed by atoms with van der Waals surface area (Å²) in [5, 5.41) is 6.27. The third-order valence-electron chi connectivity index (χ3n) is 3.62. The van der Waals surface area contributed by atoms with Crippen molar-refractivity contribution in [3.05, 3.63) is 17.7 Å². The molecule has 0 radical (unpaired) electrons. The topological polar surface area (TPSA) is 68.8 Å². The first-order chi connectivity index (χ1) is 10.2. The summed E-state index contributed by atoms with van der Waals surface area (Å²) in [4.78, 5) is 12.3. The molecule has 1 aliphatic heterocycles. The van der Waals surface area contributed by atoms with Crippen LogP contribution in [0.15, 0.2) is 12.1 Å². The predicted molar refractivity (Wildman–Crippen MR) is 79.5 cm³/mol. The van der Waals surface area contributed by atoms with Gasteiger partial charge in [0.15, 0.2) is 11.5 Å². The molecule has 2 rings (SSSR count). The van der Waals surface area contributed by atoms with Crippen molar-refractivity contribution < 1.29 is 19.0 Å². The zero-order valence-electron chi connectivity index (χ0n) is 12.7. The Morgan fingerprint density at radius 3 is 2.57 bits per heavy atom. The fourth-order valence-electron chi connectivity index (χ4n) is 2.52. The molecule has 0 aliphatic carbocycles. The van der Waals surface area contributed by atoms with Gasteiger partial charge in [0.05, 0.1) is 26.9 Å². The van der Waals surface area contributed by atoms with Gasteiger partial charge >= 0.3 is 0 Å². The van der Waals surface area contributed by atoms with E-state index in [2.05, 4.69) is 10.6 Å². The lowest BCUT2D eigenvalue weighted by Crippen LogP contribution is -2.37. The first-order valence-electron chi connectivity index (χ1n) is 7.01. The van der Waals surface area contributed by atoms with Crippen LogP contribution in [-0.4, -0.2) is 46.4 Å². The number of rotatable bonds is 6. The molecule has 0 spiro atoms. The van der Waals surface area contributed by atoms with Gasteiger partial charge < -0.3 is 24.8 Å². The zero-order valence-corrected chi connectivity index (χ0v) is 12.7. The summed E-state index contributed by atoms with van der Waals surface area (Å²) < 4.78 is 15.8. The number of carbonyl (C=O) groups is 1. The molecule has 1 atom stereocenters. The van der Waals surface area contributed by atoms with Crippen LogP contribution in [0, 0.1) is 0 Å². The van der Waals surface area contributed by atoms with Crippen LogP contribution in [0.25, 0.3) is 0 Å². The molecular formula is C15H22N2O4. The SMILES string of the molecule is COc1ccc(C(=O)NCC2CCCN2)c(OC)c1OC. The second kappa shape index (κ2) is 7.17. The Kier molecular flexibility index (Phi) is 5.27. The molecule has 2 N–H and O–H groups in total. The number of benzene rings is 1. The highest BCUT2D eigenvalue weighted by Gasteiger charge is 2.21. The molecular weight excluding hydrogens is 272 g/mol. The van der Waals surface area contributed by atoms with Gasteiger partial charge in [-0.3, -0.25) is 4.79 Å². The van der Waals surface area contributed by atoms with Crippen LogP contribution in [0.1, 0.15) is 23.2 Å². The monoisotopic (exact) mass is 294 g/mol. The first-order valence-corrected chi connectivity index (χ1v) is 7.01. The number of hydrogen-bond acceptors (Lipinski definition) is 5. The summed E-state index contributed by atoms with van der Waals surface area (Å²) in [6, 6.07) is 3.72. The summed E-state index contributed by atoms with van der Waals surface area (Å²) in [7, 11) is 4.57. The maximum Gasteiger partial charge on any atom is 0.255 e. The van der Waals surface area contributed by atoms with Crippen molar-refractivity contribution >= 4 is 5.91 Å². The highest BCUT2D eigenvalue weighted by atomic mass is 16.5. The van der Waals surface area contributed by atoms with Crippen LogP contribution in [0.3, 0.4) is 0 Å². The van der Waals surface area contributed by atoms with Crippen molar-refractivity contribution in [3.63, 3.8) is 0 Å². The first kappa shape index (κ1) is 15.4. The second-order valence-electron chi connectivity index (χ2n) is 4.89. The largest absolute Gasteiger partial charge is 0.493 e. The van der Waals surface area contributed by atoms with E-state index in [1.54, 1.807) is 19.2 Å². The maximum absolute atomic E-state index is 12.3. The Morgan fingerprint density at radius 1 is 1.24 bits per heavy atom. The van der Waals surface area contributed by atoms with E-state index in [4.69, 9.17) is 14.2 Å². The van der Waals surface area contributed by atoms with Gasteiger partial charge in [-0.05, 0) is 31.5 Å². The lowest BCUT2D eigenvalue weighted by molar-refractivity contribution is 0.0946. The Labute approximate surface area is 124 Å². The molecule has 1 aliphatic rings. The van der Waals surface area contributed by atoms with Crippen LogP contribution < -0.4 is 24.8 Å². The van der Waals surface area contributed by atoms with E-state index >= 15 is 0 Å². The number of nitrogens with one attached hydrogen (secondary N) is 2. The van der Waals surface area contributed by atoms with Crippen molar-refractivity contribution in [1.82, 2.24) is 10.6 Å². The molecule has 0 bridgehead atoms.